The summed E-state index contributed by atoms with van der Waals surface area (Å²) in [5.74, 6) is 0.796. The Bertz CT molecular complexity index is 926. The van der Waals surface area contributed by atoms with E-state index in [9.17, 15) is 4.79 Å². The van der Waals surface area contributed by atoms with Crippen molar-refractivity contribution in [2.75, 3.05) is 20.1 Å². The van der Waals surface area contributed by atoms with E-state index < -0.39 is 5.41 Å². The molecule has 2 aromatic heterocycles. The standard InChI is InChI=1S/C22H24N4O2/c1-23-21(27)22(9-11-26(16-22)15-17-6-5-10-24-14-17)13-19-12-20(25-28-19)18-7-3-2-4-8-18/h2-8,10,12,14H,9,11,13,15-16H2,1H3,(H,23,27)/t22-/m0/s1. The zero-order chi connectivity index (χ0) is 19.4. The van der Waals surface area contributed by atoms with E-state index in [4.69, 9.17) is 4.52 Å². The highest BCUT2D eigenvalue weighted by Crippen LogP contribution is 2.36. The first-order valence-electron chi connectivity index (χ1n) is 9.53. The first kappa shape index (κ1) is 18.4. The first-order chi connectivity index (χ1) is 13.7. The lowest BCUT2D eigenvalue weighted by Crippen LogP contribution is -2.43. The molecule has 1 amide bonds. The molecule has 0 bridgehead atoms. The molecule has 1 atom stereocenters. The van der Waals surface area contributed by atoms with Crippen molar-refractivity contribution in [3.05, 3.63) is 72.2 Å². The lowest BCUT2D eigenvalue weighted by Gasteiger charge is -2.26. The molecule has 1 aliphatic rings. The molecule has 1 fully saturated rings. The van der Waals surface area contributed by atoms with E-state index in [1.54, 1.807) is 13.2 Å². The molecule has 6 nitrogen and oxygen atoms in total. The molecular weight excluding hydrogens is 352 g/mol. The molecular formula is C22H24N4O2. The molecule has 1 N–H and O–H groups in total. The highest BCUT2D eigenvalue weighted by Gasteiger charge is 2.45. The molecule has 0 saturated carbocycles. The molecule has 3 heterocycles. The normalized spacial score (nSPS) is 19.6. The summed E-state index contributed by atoms with van der Waals surface area (Å²) in [5, 5.41) is 7.05. The van der Waals surface area contributed by atoms with Crippen LogP contribution in [0.4, 0.5) is 0 Å². The van der Waals surface area contributed by atoms with Gasteiger partial charge in [-0.15, -0.1) is 0 Å². The third kappa shape index (κ3) is 3.82. The van der Waals surface area contributed by atoms with E-state index in [1.165, 1.54) is 0 Å². The van der Waals surface area contributed by atoms with Crippen LogP contribution in [0.2, 0.25) is 0 Å². The number of rotatable bonds is 6. The molecule has 0 spiro atoms. The quantitative estimate of drug-likeness (QED) is 0.716. The van der Waals surface area contributed by atoms with Gasteiger partial charge in [-0.1, -0.05) is 41.6 Å². The third-order valence-electron chi connectivity index (χ3n) is 5.41. The van der Waals surface area contributed by atoms with Gasteiger partial charge in [0.2, 0.25) is 5.91 Å². The molecule has 1 aliphatic heterocycles. The van der Waals surface area contributed by atoms with Crippen LogP contribution in [0.15, 0.2) is 65.4 Å². The molecule has 6 heteroatoms. The molecule has 4 rings (SSSR count). The maximum atomic E-state index is 12.8. The maximum Gasteiger partial charge on any atom is 0.227 e. The van der Waals surface area contributed by atoms with E-state index in [0.29, 0.717) is 13.0 Å². The number of nitrogens with zero attached hydrogens (tertiary/aromatic N) is 3. The number of hydrogen-bond acceptors (Lipinski definition) is 5. The molecule has 1 saturated heterocycles. The molecule has 0 radical (unpaired) electrons. The second-order valence-electron chi connectivity index (χ2n) is 7.40. The lowest BCUT2D eigenvalue weighted by atomic mass is 9.81. The number of nitrogens with one attached hydrogen (secondary N) is 1. The smallest absolute Gasteiger partial charge is 0.227 e. The van der Waals surface area contributed by atoms with E-state index in [1.807, 2.05) is 48.7 Å². The van der Waals surface area contributed by atoms with Gasteiger partial charge in [0, 0.05) is 50.6 Å². The van der Waals surface area contributed by atoms with E-state index in [2.05, 4.69) is 26.4 Å². The number of hydrogen-bond donors (Lipinski definition) is 1. The highest BCUT2D eigenvalue weighted by atomic mass is 16.5. The van der Waals surface area contributed by atoms with E-state index in [-0.39, 0.29) is 5.91 Å². The Morgan fingerprint density at radius 3 is 2.86 bits per heavy atom. The summed E-state index contributed by atoms with van der Waals surface area (Å²) >= 11 is 0. The topological polar surface area (TPSA) is 71.3 Å². The number of carbonyl (C=O) groups excluding carboxylic acids is 1. The summed E-state index contributed by atoms with van der Waals surface area (Å²) in [7, 11) is 1.70. The van der Waals surface area contributed by atoms with Gasteiger partial charge in [-0.05, 0) is 24.6 Å². The van der Waals surface area contributed by atoms with E-state index >= 15 is 0 Å². The molecule has 1 aromatic carbocycles. The van der Waals surface area contributed by atoms with Gasteiger partial charge in [0.1, 0.15) is 11.5 Å². The van der Waals surface area contributed by atoms with E-state index in [0.717, 1.165) is 42.1 Å². The van der Waals surface area contributed by atoms with Crippen LogP contribution in [-0.4, -0.2) is 41.1 Å². The number of carbonyl (C=O) groups is 1. The Morgan fingerprint density at radius 2 is 2.11 bits per heavy atom. The Balaban J connectivity index is 1.51. The van der Waals surface area contributed by atoms with Crippen LogP contribution in [-0.2, 0) is 17.8 Å². The average Bonchev–Trinajstić information content (AvgIpc) is 3.37. The largest absolute Gasteiger partial charge is 0.361 e. The molecule has 0 aliphatic carbocycles. The Morgan fingerprint density at radius 1 is 1.25 bits per heavy atom. The van der Waals surface area contributed by atoms with Gasteiger partial charge in [0.25, 0.3) is 0 Å². The fraction of sp³-hybridized carbons (Fsp3) is 0.318. The van der Waals surface area contributed by atoms with Crippen LogP contribution in [0.5, 0.6) is 0 Å². The van der Waals surface area contributed by atoms with Gasteiger partial charge >= 0.3 is 0 Å². The minimum absolute atomic E-state index is 0.0545. The second kappa shape index (κ2) is 7.94. The van der Waals surface area contributed by atoms with Gasteiger partial charge in [-0.25, -0.2) is 0 Å². The minimum atomic E-state index is -0.509. The summed E-state index contributed by atoms with van der Waals surface area (Å²) < 4.78 is 5.60. The summed E-state index contributed by atoms with van der Waals surface area (Å²) in [5.41, 5.74) is 2.45. The summed E-state index contributed by atoms with van der Waals surface area (Å²) in [6.45, 7) is 2.34. The van der Waals surface area contributed by atoms with Crippen molar-refractivity contribution >= 4 is 5.91 Å². The SMILES string of the molecule is CNC(=O)[C@]1(Cc2cc(-c3ccccc3)no2)CCN(Cc2cccnc2)C1. The maximum absolute atomic E-state index is 12.8. The summed E-state index contributed by atoms with van der Waals surface area (Å²) in [6.07, 6.45) is 4.98. The Kier molecular flexibility index (Phi) is 5.21. The molecule has 144 valence electrons. The fourth-order valence-electron chi connectivity index (χ4n) is 3.99. The van der Waals surface area contributed by atoms with Crippen LogP contribution in [0.1, 0.15) is 17.7 Å². The summed E-state index contributed by atoms with van der Waals surface area (Å²) in [4.78, 5) is 19.3. The zero-order valence-electron chi connectivity index (χ0n) is 16.0. The monoisotopic (exact) mass is 376 g/mol. The van der Waals surface area contributed by atoms with Gasteiger partial charge in [-0.2, -0.15) is 0 Å². The van der Waals surface area contributed by atoms with Crippen LogP contribution in [0.3, 0.4) is 0 Å². The Labute approximate surface area is 164 Å². The van der Waals surface area contributed by atoms with Crippen molar-refractivity contribution < 1.29 is 9.32 Å². The van der Waals surface area contributed by atoms with Crippen molar-refractivity contribution in [2.45, 2.75) is 19.4 Å². The van der Waals surface area contributed by atoms with Crippen molar-refractivity contribution in [2.24, 2.45) is 5.41 Å². The molecule has 28 heavy (non-hydrogen) atoms. The second-order valence-corrected chi connectivity index (χ2v) is 7.40. The molecule has 3 aromatic rings. The minimum Gasteiger partial charge on any atom is -0.361 e. The number of amides is 1. The van der Waals surface area contributed by atoms with Crippen LogP contribution < -0.4 is 5.32 Å². The summed E-state index contributed by atoms with van der Waals surface area (Å²) in [6, 6.07) is 15.9. The van der Waals surface area contributed by atoms with Crippen molar-refractivity contribution in [1.82, 2.24) is 20.4 Å². The van der Waals surface area contributed by atoms with Crippen LogP contribution in [0, 0.1) is 5.41 Å². The number of aromatic nitrogens is 2. The van der Waals surface area contributed by atoms with Crippen molar-refractivity contribution in [3.8, 4) is 11.3 Å². The lowest BCUT2D eigenvalue weighted by molar-refractivity contribution is -0.130. The van der Waals surface area contributed by atoms with Crippen molar-refractivity contribution in [3.63, 3.8) is 0 Å². The highest BCUT2D eigenvalue weighted by molar-refractivity contribution is 5.83. The fourth-order valence-corrected chi connectivity index (χ4v) is 3.99. The number of pyridine rings is 1. The third-order valence-corrected chi connectivity index (χ3v) is 5.41. The average molecular weight is 376 g/mol. The van der Waals surface area contributed by atoms with Gasteiger partial charge in [0.15, 0.2) is 0 Å². The Hall–Kier alpha value is -2.99. The molecule has 0 unspecified atom stereocenters. The number of likely N-dealkylation sites (tertiary alicyclic amines) is 1. The van der Waals surface area contributed by atoms with Gasteiger partial charge in [-0.3, -0.25) is 14.7 Å². The van der Waals surface area contributed by atoms with Crippen molar-refractivity contribution in [1.29, 1.82) is 0 Å². The van der Waals surface area contributed by atoms with Gasteiger partial charge < -0.3 is 9.84 Å². The van der Waals surface area contributed by atoms with Gasteiger partial charge in [0.05, 0.1) is 5.41 Å². The predicted molar refractivity (Wildman–Crippen MR) is 106 cm³/mol. The number of benzene rings is 1. The van der Waals surface area contributed by atoms with Crippen LogP contribution >= 0.6 is 0 Å². The van der Waals surface area contributed by atoms with Crippen LogP contribution in [0.25, 0.3) is 11.3 Å². The zero-order valence-corrected chi connectivity index (χ0v) is 16.0. The first-order valence-corrected chi connectivity index (χ1v) is 9.53. The predicted octanol–water partition coefficient (Wildman–Crippen LogP) is 2.92.